The first-order valence-electron chi connectivity index (χ1n) is 6.92. The van der Waals surface area contributed by atoms with Crippen LogP contribution in [0.2, 0.25) is 0 Å². The van der Waals surface area contributed by atoms with E-state index in [9.17, 15) is 8.42 Å². The molecule has 2 N–H and O–H groups in total. The van der Waals surface area contributed by atoms with E-state index in [4.69, 9.17) is 9.84 Å². The summed E-state index contributed by atoms with van der Waals surface area (Å²) in [6.07, 6.45) is 1.34. The summed E-state index contributed by atoms with van der Waals surface area (Å²) in [5.74, 6) is 3.10. The maximum absolute atomic E-state index is 12.4. The van der Waals surface area contributed by atoms with Gasteiger partial charge in [0.25, 0.3) is 0 Å². The summed E-state index contributed by atoms with van der Waals surface area (Å²) < 4.78 is 32.7. The van der Waals surface area contributed by atoms with E-state index >= 15 is 0 Å². The van der Waals surface area contributed by atoms with E-state index in [-0.39, 0.29) is 17.9 Å². The van der Waals surface area contributed by atoms with Gasteiger partial charge in [-0.1, -0.05) is 0 Å². The van der Waals surface area contributed by atoms with Crippen LogP contribution in [0, 0.1) is 5.92 Å². The molecule has 0 amide bonds. The third-order valence-electron chi connectivity index (χ3n) is 3.52. The van der Waals surface area contributed by atoms with Crippen LogP contribution in [0.3, 0.4) is 0 Å². The van der Waals surface area contributed by atoms with Crippen LogP contribution in [0.15, 0.2) is 23.1 Å². The van der Waals surface area contributed by atoms with Gasteiger partial charge in [-0.3, -0.25) is 0 Å². The lowest BCUT2D eigenvalue weighted by Crippen LogP contribution is -2.30. The van der Waals surface area contributed by atoms with E-state index in [0.29, 0.717) is 23.8 Å². The molecule has 0 saturated carbocycles. The molecule has 1 fully saturated rings. The second-order valence-electron chi connectivity index (χ2n) is 5.03. The summed E-state index contributed by atoms with van der Waals surface area (Å²) >= 11 is 1.86. The van der Waals surface area contributed by atoms with Crippen molar-refractivity contribution in [2.45, 2.75) is 17.7 Å². The molecular weight excluding hydrogens is 310 g/mol. The van der Waals surface area contributed by atoms with Crippen molar-refractivity contribution in [3.8, 4) is 5.75 Å². The highest BCUT2D eigenvalue weighted by atomic mass is 32.2. The molecular formula is C14H21NO4S2. The largest absolute Gasteiger partial charge is 0.497 e. The first kappa shape index (κ1) is 16.6. The first-order valence-corrected chi connectivity index (χ1v) is 9.56. The van der Waals surface area contributed by atoms with Crippen molar-refractivity contribution in [3.05, 3.63) is 23.8 Å². The molecule has 21 heavy (non-hydrogen) atoms. The highest BCUT2D eigenvalue weighted by molar-refractivity contribution is 7.99. The smallest absolute Gasteiger partial charge is 0.240 e. The molecule has 1 atom stereocenters. The van der Waals surface area contributed by atoms with Gasteiger partial charge in [-0.25, -0.2) is 13.1 Å². The lowest BCUT2D eigenvalue weighted by Gasteiger charge is -2.14. The van der Waals surface area contributed by atoms with Gasteiger partial charge in [0.05, 0.1) is 12.0 Å². The van der Waals surface area contributed by atoms with Gasteiger partial charge in [0.15, 0.2) is 0 Å². The second kappa shape index (κ2) is 7.49. The molecule has 0 bridgehead atoms. The molecule has 5 nitrogen and oxygen atoms in total. The SMILES string of the molecule is COc1ccc(S(=O)(=O)NCC2CCSC2)c(CCO)c1. The Morgan fingerprint density at radius 3 is 2.90 bits per heavy atom. The molecule has 2 rings (SSSR count). The number of nitrogens with one attached hydrogen (secondary N) is 1. The zero-order chi connectivity index (χ0) is 15.3. The Kier molecular flexibility index (Phi) is 5.92. The van der Waals surface area contributed by atoms with E-state index in [1.165, 1.54) is 13.2 Å². The van der Waals surface area contributed by atoms with Gasteiger partial charge in [0, 0.05) is 13.2 Å². The average Bonchev–Trinajstić information content (AvgIpc) is 2.99. The number of aliphatic hydroxyl groups excluding tert-OH is 1. The minimum Gasteiger partial charge on any atom is -0.497 e. The van der Waals surface area contributed by atoms with E-state index in [1.807, 2.05) is 11.8 Å². The molecule has 0 radical (unpaired) electrons. The number of rotatable bonds is 7. The Bertz CT molecular complexity index is 568. The van der Waals surface area contributed by atoms with Crippen LogP contribution in [0.1, 0.15) is 12.0 Å². The monoisotopic (exact) mass is 331 g/mol. The number of thioether (sulfide) groups is 1. The molecule has 1 heterocycles. The quantitative estimate of drug-likeness (QED) is 0.787. The summed E-state index contributed by atoms with van der Waals surface area (Å²) in [7, 11) is -2.02. The molecule has 1 saturated heterocycles. The molecule has 1 unspecified atom stereocenters. The molecule has 0 aliphatic carbocycles. The maximum Gasteiger partial charge on any atom is 0.240 e. The van der Waals surface area contributed by atoms with Gasteiger partial charge in [-0.2, -0.15) is 11.8 Å². The number of hydrogen-bond acceptors (Lipinski definition) is 5. The van der Waals surface area contributed by atoms with Crippen molar-refractivity contribution < 1.29 is 18.3 Å². The molecule has 118 valence electrons. The summed E-state index contributed by atoms with van der Waals surface area (Å²) in [6, 6.07) is 4.83. The summed E-state index contributed by atoms with van der Waals surface area (Å²) in [5, 5.41) is 9.12. The van der Waals surface area contributed by atoms with E-state index in [2.05, 4.69) is 4.72 Å². The van der Waals surface area contributed by atoms with Crippen LogP contribution in [-0.4, -0.2) is 45.3 Å². The summed E-state index contributed by atoms with van der Waals surface area (Å²) in [5.41, 5.74) is 0.574. The minimum absolute atomic E-state index is 0.102. The first-order chi connectivity index (χ1) is 10.1. The molecule has 1 aliphatic heterocycles. The zero-order valence-corrected chi connectivity index (χ0v) is 13.7. The van der Waals surface area contributed by atoms with E-state index < -0.39 is 10.0 Å². The number of aliphatic hydroxyl groups is 1. The van der Waals surface area contributed by atoms with Crippen molar-refractivity contribution in [1.82, 2.24) is 4.72 Å². The fraction of sp³-hybridized carbons (Fsp3) is 0.571. The van der Waals surface area contributed by atoms with Crippen LogP contribution >= 0.6 is 11.8 Å². The number of sulfonamides is 1. The summed E-state index contributed by atoms with van der Waals surface area (Å²) in [4.78, 5) is 0.225. The third-order valence-corrected chi connectivity index (χ3v) is 6.28. The van der Waals surface area contributed by atoms with Gasteiger partial charge >= 0.3 is 0 Å². The Labute approximate surface area is 130 Å². The molecule has 1 aromatic rings. The lowest BCUT2D eigenvalue weighted by atomic mass is 10.1. The van der Waals surface area contributed by atoms with Gasteiger partial charge in [0.1, 0.15) is 5.75 Å². The van der Waals surface area contributed by atoms with Crippen LogP contribution in [0.5, 0.6) is 5.75 Å². The van der Waals surface area contributed by atoms with E-state index in [1.54, 1.807) is 12.1 Å². The van der Waals surface area contributed by atoms with Crippen molar-refractivity contribution >= 4 is 21.8 Å². The van der Waals surface area contributed by atoms with Gasteiger partial charge in [-0.05, 0) is 54.0 Å². The molecule has 1 aliphatic rings. The third kappa shape index (κ3) is 4.35. The normalized spacial score (nSPS) is 18.9. The Hall–Kier alpha value is -0.760. The zero-order valence-electron chi connectivity index (χ0n) is 12.0. The molecule has 1 aromatic carbocycles. The topological polar surface area (TPSA) is 75.6 Å². The maximum atomic E-state index is 12.4. The van der Waals surface area contributed by atoms with Crippen LogP contribution in [-0.2, 0) is 16.4 Å². The molecule has 7 heteroatoms. The Morgan fingerprint density at radius 1 is 1.48 bits per heavy atom. The van der Waals surface area contributed by atoms with Crippen molar-refractivity contribution in [1.29, 1.82) is 0 Å². The van der Waals surface area contributed by atoms with Crippen LogP contribution in [0.25, 0.3) is 0 Å². The highest BCUT2D eigenvalue weighted by Crippen LogP contribution is 2.25. The minimum atomic E-state index is -3.55. The fourth-order valence-electron chi connectivity index (χ4n) is 2.31. The van der Waals surface area contributed by atoms with Gasteiger partial charge in [0.2, 0.25) is 10.0 Å². The molecule has 0 aromatic heterocycles. The number of ether oxygens (including phenoxy) is 1. The predicted octanol–water partition coefficient (Wildman–Crippen LogP) is 1.26. The number of benzene rings is 1. The van der Waals surface area contributed by atoms with Crippen molar-refractivity contribution in [3.63, 3.8) is 0 Å². The number of hydrogen-bond donors (Lipinski definition) is 2. The standard InChI is InChI=1S/C14H21NO4S2/c1-19-13-2-3-14(12(8-13)4-6-16)21(17,18)15-9-11-5-7-20-10-11/h2-3,8,11,15-16H,4-7,9-10H2,1H3. The Balaban J connectivity index is 2.17. The predicted molar refractivity (Wildman–Crippen MR) is 84.4 cm³/mol. The van der Waals surface area contributed by atoms with Crippen molar-refractivity contribution in [2.24, 2.45) is 5.92 Å². The Morgan fingerprint density at radius 2 is 2.29 bits per heavy atom. The lowest BCUT2D eigenvalue weighted by molar-refractivity contribution is 0.298. The highest BCUT2D eigenvalue weighted by Gasteiger charge is 2.22. The van der Waals surface area contributed by atoms with Crippen molar-refractivity contribution in [2.75, 3.05) is 31.8 Å². The second-order valence-corrected chi connectivity index (χ2v) is 7.91. The van der Waals surface area contributed by atoms with E-state index in [0.717, 1.165) is 17.9 Å². The van der Waals surface area contributed by atoms with Gasteiger partial charge in [-0.15, -0.1) is 0 Å². The fourth-order valence-corrected chi connectivity index (χ4v) is 4.96. The van der Waals surface area contributed by atoms with Crippen LogP contribution in [0.4, 0.5) is 0 Å². The van der Waals surface area contributed by atoms with Gasteiger partial charge < -0.3 is 9.84 Å². The number of methoxy groups -OCH3 is 1. The average molecular weight is 331 g/mol. The van der Waals surface area contributed by atoms with Crippen LogP contribution < -0.4 is 9.46 Å². The summed E-state index contributed by atoms with van der Waals surface area (Å²) in [6.45, 7) is 0.370. The molecule has 0 spiro atoms.